The number of likely N-dealkylation sites (N-methyl/N-ethyl adjacent to an activating group) is 1. The molecule has 1 atom stereocenters. The fourth-order valence-corrected chi connectivity index (χ4v) is 2.42. The minimum absolute atomic E-state index is 0.154. The summed E-state index contributed by atoms with van der Waals surface area (Å²) in [6.07, 6.45) is 2.84. The van der Waals surface area contributed by atoms with Gasteiger partial charge in [-0.05, 0) is 18.9 Å². The molecule has 19 heavy (non-hydrogen) atoms. The number of hydrogen-bond acceptors (Lipinski definition) is 3. The fraction of sp³-hybridized carbons (Fsp3) is 0.417. The quantitative estimate of drug-likeness (QED) is 0.846. The summed E-state index contributed by atoms with van der Waals surface area (Å²) in [4.78, 5) is 29.4. The average molecular weight is 302 g/mol. The van der Waals surface area contributed by atoms with Gasteiger partial charge in [0.2, 0.25) is 5.91 Å². The molecule has 102 valence electrons. The lowest BCUT2D eigenvalue weighted by Crippen LogP contribution is -2.44. The van der Waals surface area contributed by atoms with Gasteiger partial charge in [-0.2, -0.15) is 0 Å². The first-order valence-electron chi connectivity index (χ1n) is 5.88. The summed E-state index contributed by atoms with van der Waals surface area (Å²) >= 11 is 11.6. The van der Waals surface area contributed by atoms with E-state index in [-0.39, 0.29) is 22.0 Å². The van der Waals surface area contributed by atoms with Crippen LogP contribution in [0.3, 0.4) is 0 Å². The Balaban J connectivity index is 2.23. The summed E-state index contributed by atoms with van der Waals surface area (Å²) in [6, 6.07) is 1.05. The largest absolute Gasteiger partial charge is 0.357 e. The first-order valence-corrected chi connectivity index (χ1v) is 6.63. The summed E-state index contributed by atoms with van der Waals surface area (Å²) in [5.41, 5.74) is 0.338. The summed E-state index contributed by atoms with van der Waals surface area (Å²) in [5, 5.41) is 2.95. The van der Waals surface area contributed by atoms with E-state index in [0.717, 1.165) is 6.42 Å². The molecule has 2 amide bonds. The number of carbonyl (C=O) groups is 2. The number of hydrogen-bond donors (Lipinski definition) is 1. The van der Waals surface area contributed by atoms with Crippen LogP contribution in [-0.2, 0) is 4.79 Å². The number of pyridine rings is 1. The van der Waals surface area contributed by atoms with Crippen molar-refractivity contribution in [3.63, 3.8) is 0 Å². The Morgan fingerprint density at radius 3 is 2.84 bits per heavy atom. The SMILES string of the molecule is CNC(=O)C1CCCN1C(=O)c1cnc(Cl)c(Cl)c1. The predicted octanol–water partition coefficient (Wildman–Crippen LogP) is 1.74. The van der Waals surface area contributed by atoms with Gasteiger partial charge in [-0.25, -0.2) is 4.98 Å². The summed E-state index contributed by atoms with van der Waals surface area (Å²) in [6.45, 7) is 0.553. The number of nitrogens with one attached hydrogen (secondary N) is 1. The lowest BCUT2D eigenvalue weighted by atomic mass is 10.2. The van der Waals surface area contributed by atoms with Crippen LogP contribution in [0.15, 0.2) is 12.3 Å². The van der Waals surface area contributed by atoms with Crippen LogP contribution in [-0.4, -0.2) is 41.3 Å². The number of nitrogens with zero attached hydrogens (tertiary/aromatic N) is 2. The summed E-state index contributed by atoms with van der Waals surface area (Å²) in [7, 11) is 1.56. The van der Waals surface area contributed by atoms with Crippen molar-refractivity contribution in [2.45, 2.75) is 18.9 Å². The minimum Gasteiger partial charge on any atom is -0.357 e. The predicted molar refractivity (Wildman–Crippen MR) is 72.4 cm³/mol. The smallest absolute Gasteiger partial charge is 0.256 e. The highest BCUT2D eigenvalue weighted by Crippen LogP contribution is 2.24. The van der Waals surface area contributed by atoms with E-state index in [4.69, 9.17) is 23.2 Å². The number of carbonyl (C=O) groups excluding carboxylic acids is 2. The zero-order valence-corrected chi connectivity index (χ0v) is 11.8. The van der Waals surface area contributed by atoms with Crippen LogP contribution in [0, 0.1) is 0 Å². The van der Waals surface area contributed by atoms with Crippen LogP contribution in [0.2, 0.25) is 10.2 Å². The number of likely N-dealkylation sites (tertiary alicyclic amines) is 1. The molecule has 5 nitrogen and oxygen atoms in total. The number of halogens is 2. The van der Waals surface area contributed by atoms with Crippen molar-refractivity contribution in [1.82, 2.24) is 15.2 Å². The zero-order valence-electron chi connectivity index (χ0n) is 10.3. The third kappa shape index (κ3) is 2.82. The number of rotatable bonds is 2. The monoisotopic (exact) mass is 301 g/mol. The van der Waals surface area contributed by atoms with E-state index in [1.54, 1.807) is 11.9 Å². The second-order valence-corrected chi connectivity index (χ2v) is 5.03. The second-order valence-electron chi connectivity index (χ2n) is 4.27. The van der Waals surface area contributed by atoms with E-state index in [1.807, 2.05) is 0 Å². The standard InChI is InChI=1S/C12H13Cl2N3O2/c1-15-11(18)9-3-2-4-17(9)12(19)7-5-8(13)10(14)16-6-7/h5-6,9H,2-4H2,1H3,(H,15,18). The summed E-state index contributed by atoms with van der Waals surface area (Å²) in [5.74, 6) is -0.406. The molecule has 0 aromatic carbocycles. The van der Waals surface area contributed by atoms with Gasteiger partial charge in [0, 0.05) is 19.8 Å². The van der Waals surface area contributed by atoms with Gasteiger partial charge < -0.3 is 10.2 Å². The van der Waals surface area contributed by atoms with E-state index in [9.17, 15) is 9.59 Å². The molecule has 1 fully saturated rings. The Morgan fingerprint density at radius 2 is 2.21 bits per heavy atom. The van der Waals surface area contributed by atoms with E-state index >= 15 is 0 Å². The highest BCUT2D eigenvalue weighted by atomic mass is 35.5. The Morgan fingerprint density at radius 1 is 1.47 bits per heavy atom. The van der Waals surface area contributed by atoms with Gasteiger partial charge in [-0.3, -0.25) is 9.59 Å². The van der Waals surface area contributed by atoms with Crippen LogP contribution in [0.4, 0.5) is 0 Å². The third-order valence-electron chi connectivity index (χ3n) is 3.11. The maximum Gasteiger partial charge on any atom is 0.256 e. The van der Waals surface area contributed by atoms with Gasteiger partial charge in [0.15, 0.2) is 0 Å². The zero-order chi connectivity index (χ0) is 14.0. The molecule has 0 bridgehead atoms. The van der Waals surface area contributed by atoms with Gasteiger partial charge in [0.05, 0.1) is 10.6 Å². The Kier molecular flexibility index (Phi) is 4.27. The van der Waals surface area contributed by atoms with Crippen molar-refractivity contribution in [2.75, 3.05) is 13.6 Å². The van der Waals surface area contributed by atoms with Crippen LogP contribution in [0.1, 0.15) is 23.2 Å². The Labute approximate surface area is 120 Å². The molecule has 1 unspecified atom stereocenters. The molecule has 1 aromatic rings. The topological polar surface area (TPSA) is 62.3 Å². The van der Waals surface area contributed by atoms with E-state index in [2.05, 4.69) is 10.3 Å². The van der Waals surface area contributed by atoms with Crippen molar-refractivity contribution in [1.29, 1.82) is 0 Å². The lowest BCUT2D eigenvalue weighted by Gasteiger charge is -2.23. The summed E-state index contributed by atoms with van der Waals surface area (Å²) < 4.78 is 0. The highest BCUT2D eigenvalue weighted by molar-refractivity contribution is 6.41. The molecule has 7 heteroatoms. The maximum absolute atomic E-state index is 12.3. The fourth-order valence-electron chi connectivity index (χ4n) is 2.15. The van der Waals surface area contributed by atoms with Crippen molar-refractivity contribution < 1.29 is 9.59 Å². The molecule has 0 spiro atoms. The van der Waals surface area contributed by atoms with E-state index in [1.165, 1.54) is 12.3 Å². The average Bonchev–Trinajstić information content (AvgIpc) is 2.89. The van der Waals surface area contributed by atoms with Gasteiger partial charge in [-0.15, -0.1) is 0 Å². The van der Waals surface area contributed by atoms with Crippen molar-refractivity contribution in [3.8, 4) is 0 Å². The van der Waals surface area contributed by atoms with Crippen LogP contribution in [0.5, 0.6) is 0 Å². The van der Waals surface area contributed by atoms with Gasteiger partial charge in [-0.1, -0.05) is 23.2 Å². The first kappa shape index (κ1) is 14.1. The van der Waals surface area contributed by atoms with E-state index in [0.29, 0.717) is 18.5 Å². The normalized spacial score (nSPS) is 18.5. The minimum atomic E-state index is -0.424. The molecule has 0 radical (unpaired) electrons. The molecule has 1 saturated heterocycles. The van der Waals surface area contributed by atoms with Crippen molar-refractivity contribution in [2.24, 2.45) is 0 Å². The van der Waals surface area contributed by atoms with E-state index < -0.39 is 6.04 Å². The Bertz CT molecular complexity index is 522. The maximum atomic E-state index is 12.3. The third-order valence-corrected chi connectivity index (χ3v) is 3.79. The van der Waals surface area contributed by atoms with Crippen LogP contribution < -0.4 is 5.32 Å². The highest BCUT2D eigenvalue weighted by Gasteiger charge is 2.34. The lowest BCUT2D eigenvalue weighted by molar-refractivity contribution is -0.124. The molecule has 2 rings (SSSR count). The molecule has 0 aliphatic carbocycles. The van der Waals surface area contributed by atoms with Gasteiger partial charge in [0.1, 0.15) is 11.2 Å². The first-order chi connectivity index (χ1) is 9.04. The molecule has 0 saturated carbocycles. The molecule has 1 aliphatic rings. The molecular weight excluding hydrogens is 289 g/mol. The second kappa shape index (κ2) is 5.75. The van der Waals surface area contributed by atoms with Crippen molar-refractivity contribution in [3.05, 3.63) is 28.0 Å². The van der Waals surface area contributed by atoms with Crippen molar-refractivity contribution >= 4 is 35.0 Å². The van der Waals surface area contributed by atoms with Gasteiger partial charge in [0.25, 0.3) is 5.91 Å². The number of amides is 2. The molecule has 1 aliphatic heterocycles. The Hall–Kier alpha value is -1.33. The molecule has 1 aromatic heterocycles. The molecular formula is C12H13Cl2N3O2. The van der Waals surface area contributed by atoms with Gasteiger partial charge >= 0.3 is 0 Å². The molecule has 2 heterocycles. The van der Waals surface area contributed by atoms with Crippen LogP contribution in [0.25, 0.3) is 0 Å². The number of aromatic nitrogens is 1. The molecule has 1 N–H and O–H groups in total. The van der Waals surface area contributed by atoms with Crippen LogP contribution >= 0.6 is 23.2 Å².